The van der Waals surface area contributed by atoms with Crippen LogP contribution in [0.3, 0.4) is 0 Å². The fraction of sp³-hybridized carbons (Fsp3) is 0.238. The van der Waals surface area contributed by atoms with E-state index in [1.165, 1.54) is 6.07 Å². The van der Waals surface area contributed by atoms with E-state index >= 15 is 0 Å². The summed E-state index contributed by atoms with van der Waals surface area (Å²) in [5, 5.41) is 5.88. The maximum Gasteiger partial charge on any atom is 0.257 e. The van der Waals surface area contributed by atoms with Crippen LogP contribution in [0.1, 0.15) is 11.1 Å². The van der Waals surface area contributed by atoms with Gasteiger partial charge in [-0.2, -0.15) is 0 Å². The van der Waals surface area contributed by atoms with E-state index in [2.05, 4.69) is 10.6 Å². The minimum atomic E-state index is -0.338. The molecular weight excluding hydrogens is 359 g/mol. The molecule has 2 N–H and O–H groups in total. The summed E-state index contributed by atoms with van der Waals surface area (Å²) in [5.41, 5.74) is 4.26. The number of hydrogen-bond donors (Lipinski definition) is 2. The molecule has 2 heterocycles. The minimum Gasteiger partial charge on any atom is -0.366 e. The number of nitrogens with zero attached hydrogens (tertiary/aromatic N) is 2. The van der Waals surface area contributed by atoms with Crippen molar-refractivity contribution < 1.29 is 14.0 Å². The molecule has 0 unspecified atom stereocenters. The largest absolute Gasteiger partial charge is 0.366 e. The zero-order valence-electron chi connectivity index (χ0n) is 15.5. The maximum atomic E-state index is 14.6. The predicted molar refractivity (Wildman–Crippen MR) is 108 cm³/mol. The van der Waals surface area contributed by atoms with Gasteiger partial charge in [0.2, 0.25) is 6.41 Å². The maximum absolute atomic E-state index is 14.6. The lowest BCUT2D eigenvalue weighted by atomic mass is 10.0. The highest BCUT2D eigenvalue weighted by Gasteiger charge is 2.25. The Morgan fingerprint density at radius 2 is 1.93 bits per heavy atom. The number of halogens is 1. The summed E-state index contributed by atoms with van der Waals surface area (Å²) in [6.45, 7) is 4.32. The first-order valence-electron chi connectivity index (χ1n) is 9.18. The van der Waals surface area contributed by atoms with E-state index in [9.17, 15) is 14.0 Å². The third-order valence-corrected chi connectivity index (χ3v) is 5.17. The van der Waals surface area contributed by atoms with Gasteiger partial charge in [-0.3, -0.25) is 9.59 Å². The minimum absolute atomic E-state index is 0.179. The number of nitrogens with one attached hydrogen (secondary N) is 2. The van der Waals surface area contributed by atoms with Crippen molar-refractivity contribution in [3.05, 3.63) is 59.5 Å². The van der Waals surface area contributed by atoms with Gasteiger partial charge in [0.25, 0.3) is 5.91 Å². The Balaban J connectivity index is 1.51. The number of amides is 2. The van der Waals surface area contributed by atoms with Gasteiger partial charge in [0, 0.05) is 49.3 Å². The first-order chi connectivity index (χ1) is 13.6. The molecule has 0 aliphatic carbocycles. The molecule has 6 nitrogen and oxygen atoms in total. The molecular formula is C21H21FN4O2. The first-order valence-corrected chi connectivity index (χ1v) is 9.18. The number of anilines is 3. The molecule has 0 aromatic heterocycles. The lowest BCUT2D eigenvalue weighted by molar-refractivity contribution is -0.118. The third-order valence-electron chi connectivity index (χ3n) is 5.17. The van der Waals surface area contributed by atoms with Crippen molar-refractivity contribution >= 4 is 35.0 Å². The standard InChI is InChI=1S/C21H21FN4O2/c1-14-3-2-4-18-20(14)16(21(28)24-18)12-23-15-5-6-19(17(22)11-15)26-9-7-25(13-27)8-10-26/h2-6,11-13,23H,7-10H2,1H3,(H,24,28). The number of hydrogen-bond acceptors (Lipinski definition) is 4. The molecule has 0 bridgehead atoms. The van der Waals surface area contributed by atoms with Crippen LogP contribution in [0.15, 0.2) is 42.6 Å². The summed E-state index contributed by atoms with van der Waals surface area (Å²) in [6, 6.07) is 10.6. The highest BCUT2D eigenvalue weighted by atomic mass is 19.1. The smallest absolute Gasteiger partial charge is 0.257 e. The van der Waals surface area contributed by atoms with Crippen LogP contribution in [-0.4, -0.2) is 43.4 Å². The number of fused-ring (bicyclic) bond motifs is 1. The van der Waals surface area contributed by atoms with Gasteiger partial charge in [0.1, 0.15) is 5.82 Å². The number of rotatable bonds is 4. The number of carbonyl (C=O) groups excluding carboxylic acids is 2. The molecule has 0 atom stereocenters. The first kappa shape index (κ1) is 18.0. The summed E-state index contributed by atoms with van der Waals surface area (Å²) in [5.74, 6) is -0.516. The van der Waals surface area contributed by atoms with E-state index in [0.717, 1.165) is 23.2 Å². The van der Waals surface area contributed by atoms with Gasteiger partial charge in [-0.15, -0.1) is 0 Å². The monoisotopic (exact) mass is 380 g/mol. The summed E-state index contributed by atoms with van der Waals surface area (Å²) >= 11 is 0. The van der Waals surface area contributed by atoms with E-state index < -0.39 is 0 Å². The normalized spacial score (nSPS) is 17.5. The second-order valence-corrected chi connectivity index (χ2v) is 6.95. The van der Waals surface area contributed by atoms with Crippen molar-refractivity contribution in [2.75, 3.05) is 41.7 Å². The van der Waals surface area contributed by atoms with Crippen LogP contribution in [0.2, 0.25) is 0 Å². The van der Waals surface area contributed by atoms with Crippen molar-refractivity contribution in [1.29, 1.82) is 0 Å². The fourth-order valence-corrected chi connectivity index (χ4v) is 3.65. The van der Waals surface area contributed by atoms with E-state index in [-0.39, 0.29) is 11.7 Å². The van der Waals surface area contributed by atoms with E-state index in [1.807, 2.05) is 30.0 Å². The van der Waals surface area contributed by atoms with Crippen molar-refractivity contribution in [3.8, 4) is 0 Å². The summed E-state index contributed by atoms with van der Waals surface area (Å²) in [4.78, 5) is 26.7. The zero-order valence-corrected chi connectivity index (χ0v) is 15.5. The molecule has 144 valence electrons. The molecule has 1 fully saturated rings. The number of benzene rings is 2. The van der Waals surface area contributed by atoms with Gasteiger partial charge in [0.15, 0.2) is 0 Å². The lowest BCUT2D eigenvalue weighted by Crippen LogP contribution is -2.46. The average molecular weight is 380 g/mol. The quantitative estimate of drug-likeness (QED) is 0.632. The van der Waals surface area contributed by atoms with Gasteiger partial charge < -0.3 is 20.4 Å². The molecule has 2 aromatic carbocycles. The van der Waals surface area contributed by atoms with Crippen LogP contribution in [0, 0.1) is 12.7 Å². The predicted octanol–water partition coefficient (Wildman–Crippen LogP) is 2.82. The van der Waals surface area contributed by atoms with Crippen molar-refractivity contribution in [1.82, 2.24) is 4.90 Å². The van der Waals surface area contributed by atoms with Gasteiger partial charge in [-0.25, -0.2) is 4.39 Å². The molecule has 4 rings (SSSR count). The Bertz CT molecular complexity index is 965. The molecule has 0 saturated carbocycles. The Hall–Kier alpha value is -3.35. The molecule has 2 amide bonds. The average Bonchev–Trinajstić information content (AvgIpc) is 3.03. The molecule has 2 aliphatic rings. The van der Waals surface area contributed by atoms with Crippen molar-refractivity contribution in [3.63, 3.8) is 0 Å². The van der Waals surface area contributed by atoms with E-state index in [0.29, 0.717) is 43.1 Å². The lowest BCUT2D eigenvalue weighted by Gasteiger charge is -2.34. The highest BCUT2D eigenvalue weighted by Crippen LogP contribution is 2.34. The Labute approximate surface area is 162 Å². The van der Waals surface area contributed by atoms with Crippen LogP contribution in [0.5, 0.6) is 0 Å². The summed E-state index contributed by atoms with van der Waals surface area (Å²) in [7, 11) is 0. The van der Waals surface area contributed by atoms with Gasteiger partial charge in [-0.05, 0) is 36.8 Å². The molecule has 2 aromatic rings. The fourth-order valence-electron chi connectivity index (χ4n) is 3.65. The van der Waals surface area contributed by atoms with Crippen LogP contribution >= 0.6 is 0 Å². The zero-order chi connectivity index (χ0) is 19.7. The Morgan fingerprint density at radius 3 is 2.64 bits per heavy atom. The van der Waals surface area contributed by atoms with Crippen molar-refractivity contribution in [2.24, 2.45) is 0 Å². The number of carbonyl (C=O) groups is 2. The molecule has 1 saturated heterocycles. The number of aryl methyl sites for hydroxylation is 1. The third kappa shape index (κ3) is 3.31. The van der Waals surface area contributed by atoms with Crippen LogP contribution in [0.25, 0.3) is 5.57 Å². The highest BCUT2D eigenvalue weighted by molar-refractivity contribution is 6.32. The topological polar surface area (TPSA) is 64.7 Å². The Morgan fingerprint density at radius 1 is 1.14 bits per heavy atom. The summed E-state index contributed by atoms with van der Waals surface area (Å²) in [6.07, 6.45) is 2.44. The van der Waals surface area contributed by atoms with Crippen LogP contribution < -0.4 is 15.5 Å². The van der Waals surface area contributed by atoms with E-state index in [1.54, 1.807) is 23.2 Å². The van der Waals surface area contributed by atoms with Crippen LogP contribution in [0.4, 0.5) is 21.5 Å². The molecule has 2 aliphatic heterocycles. The van der Waals surface area contributed by atoms with Gasteiger partial charge >= 0.3 is 0 Å². The molecule has 28 heavy (non-hydrogen) atoms. The SMILES string of the molecule is Cc1cccc2c1C(=CNc1ccc(N3CCN(C=O)CC3)c(F)c1)C(=O)N2. The van der Waals surface area contributed by atoms with Gasteiger partial charge in [-0.1, -0.05) is 12.1 Å². The molecule has 7 heteroatoms. The Kier molecular flexibility index (Phi) is 4.73. The molecule has 0 radical (unpaired) electrons. The second kappa shape index (κ2) is 7.34. The number of piperazine rings is 1. The van der Waals surface area contributed by atoms with E-state index in [4.69, 9.17) is 0 Å². The second-order valence-electron chi connectivity index (χ2n) is 6.95. The summed E-state index contributed by atoms with van der Waals surface area (Å²) < 4.78 is 14.6. The van der Waals surface area contributed by atoms with Gasteiger partial charge in [0.05, 0.1) is 11.3 Å². The van der Waals surface area contributed by atoms with Crippen LogP contribution in [-0.2, 0) is 9.59 Å². The molecule has 0 spiro atoms. The van der Waals surface area contributed by atoms with Crippen molar-refractivity contribution in [2.45, 2.75) is 6.92 Å².